The molecule has 194 valence electrons. The number of nitrogens with zero attached hydrogens (tertiary/aromatic N) is 3. The number of rotatable bonds is 10. The molecule has 0 radical (unpaired) electrons. The van der Waals surface area contributed by atoms with Gasteiger partial charge in [0, 0.05) is 30.2 Å². The van der Waals surface area contributed by atoms with Crippen molar-refractivity contribution in [1.82, 2.24) is 19.9 Å². The fraction of sp³-hybridized carbons (Fsp3) is 0.148. The standard InChI is InChI=1S/C27H27FN8O2/c1-16-5-4-6-17-11-19(36(27(38)22(16)17)21-8-3-2-7-20(21)28)14-33-26-23(25(31)34-15-35-26)24(30)18(12-29)13-32-9-10-37/h2-8,11-13,15,29-30,32,37H,9-10,14H2,1H3,(H3,31,33,34,35)/b18-13+,29-12?,30-24?. The number of hydrogen-bond acceptors (Lipinski definition) is 9. The SMILES string of the molecule is Cc1cccc2cc(CNc3ncnc(N)c3C(=N)/C(C=N)=C/NCCO)n(-c3ccccc3F)c(=O)c12. The van der Waals surface area contributed by atoms with E-state index in [1.807, 2.05) is 25.1 Å². The van der Waals surface area contributed by atoms with Gasteiger partial charge in [-0.25, -0.2) is 14.4 Å². The van der Waals surface area contributed by atoms with Crippen LogP contribution in [0.2, 0.25) is 0 Å². The Balaban J connectivity index is 1.80. The third kappa shape index (κ3) is 5.13. The predicted octanol–water partition coefficient (Wildman–Crippen LogP) is 2.91. The van der Waals surface area contributed by atoms with E-state index in [-0.39, 0.29) is 59.4 Å². The van der Waals surface area contributed by atoms with Gasteiger partial charge in [0.15, 0.2) is 0 Å². The average molecular weight is 515 g/mol. The summed E-state index contributed by atoms with van der Waals surface area (Å²) in [5.74, 6) is -0.328. The first-order chi connectivity index (χ1) is 18.4. The molecule has 10 nitrogen and oxygen atoms in total. The Morgan fingerprint density at radius 1 is 1.21 bits per heavy atom. The number of nitrogens with one attached hydrogen (secondary N) is 4. The summed E-state index contributed by atoms with van der Waals surface area (Å²) < 4.78 is 16.2. The maximum absolute atomic E-state index is 14.9. The molecule has 2 aromatic carbocycles. The van der Waals surface area contributed by atoms with E-state index in [1.165, 1.54) is 29.2 Å². The summed E-state index contributed by atoms with van der Waals surface area (Å²) >= 11 is 0. The summed E-state index contributed by atoms with van der Waals surface area (Å²) in [6.07, 6.45) is 3.63. The van der Waals surface area contributed by atoms with Crippen molar-refractivity contribution >= 4 is 34.3 Å². The molecule has 0 aliphatic heterocycles. The van der Waals surface area contributed by atoms with Crippen LogP contribution in [0, 0.1) is 23.6 Å². The first-order valence-corrected chi connectivity index (χ1v) is 11.7. The molecule has 38 heavy (non-hydrogen) atoms. The van der Waals surface area contributed by atoms with Gasteiger partial charge in [-0.05, 0) is 36.1 Å². The summed E-state index contributed by atoms with van der Waals surface area (Å²) in [4.78, 5) is 21.9. The minimum Gasteiger partial charge on any atom is -0.395 e. The lowest BCUT2D eigenvalue weighted by atomic mass is 10.0. The lowest BCUT2D eigenvalue weighted by molar-refractivity contribution is 0.298. The van der Waals surface area contributed by atoms with Crippen molar-refractivity contribution in [3.63, 3.8) is 0 Å². The monoisotopic (exact) mass is 514 g/mol. The number of aliphatic hydroxyl groups excluding tert-OH is 1. The van der Waals surface area contributed by atoms with E-state index in [2.05, 4.69) is 20.6 Å². The summed E-state index contributed by atoms with van der Waals surface area (Å²) in [7, 11) is 0. The van der Waals surface area contributed by atoms with Gasteiger partial charge in [0.1, 0.15) is 23.8 Å². The molecule has 0 aliphatic carbocycles. The smallest absolute Gasteiger partial charge is 0.263 e. The highest BCUT2D eigenvalue weighted by atomic mass is 19.1. The van der Waals surface area contributed by atoms with E-state index >= 15 is 0 Å². The van der Waals surface area contributed by atoms with Gasteiger partial charge < -0.3 is 26.9 Å². The highest BCUT2D eigenvalue weighted by Crippen LogP contribution is 2.24. The number of nitrogen functional groups attached to an aromatic ring is 1. The van der Waals surface area contributed by atoms with Crippen molar-refractivity contribution in [2.75, 3.05) is 24.2 Å². The molecule has 2 aromatic heterocycles. The number of halogens is 1. The Morgan fingerprint density at radius 3 is 2.74 bits per heavy atom. The number of fused-ring (bicyclic) bond motifs is 1. The Kier molecular flexibility index (Phi) is 7.88. The minimum absolute atomic E-state index is 0.0167. The zero-order valence-electron chi connectivity index (χ0n) is 20.6. The largest absolute Gasteiger partial charge is 0.395 e. The normalized spacial score (nSPS) is 11.4. The van der Waals surface area contributed by atoms with E-state index in [0.717, 1.165) is 11.8 Å². The van der Waals surface area contributed by atoms with Gasteiger partial charge in [-0.2, -0.15) is 0 Å². The van der Waals surface area contributed by atoms with E-state index in [1.54, 1.807) is 18.2 Å². The van der Waals surface area contributed by atoms with Crippen molar-refractivity contribution in [3.05, 3.63) is 99.6 Å². The topological polar surface area (TPSA) is 166 Å². The van der Waals surface area contributed by atoms with Gasteiger partial charge >= 0.3 is 0 Å². The molecule has 0 aliphatic rings. The fourth-order valence-electron chi connectivity index (χ4n) is 4.15. The average Bonchev–Trinajstić information content (AvgIpc) is 2.90. The number of aromatic nitrogens is 3. The van der Waals surface area contributed by atoms with E-state index in [4.69, 9.17) is 21.7 Å². The molecule has 0 amide bonds. The van der Waals surface area contributed by atoms with Crippen LogP contribution in [0.1, 0.15) is 16.8 Å². The molecular formula is C27H27FN8O2. The molecular weight excluding hydrogens is 487 g/mol. The molecule has 0 saturated heterocycles. The summed E-state index contributed by atoms with van der Waals surface area (Å²) in [5, 5.41) is 32.5. The van der Waals surface area contributed by atoms with Crippen molar-refractivity contribution in [3.8, 4) is 5.69 Å². The predicted molar refractivity (Wildman–Crippen MR) is 147 cm³/mol. The van der Waals surface area contributed by atoms with Crippen LogP contribution < -0.4 is 21.9 Å². The van der Waals surface area contributed by atoms with Crippen molar-refractivity contribution < 1.29 is 9.50 Å². The third-order valence-corrected chi connectivity index (χ3v) is 5.95. The van der Waals surface area contributed by atoms with Crippen molar-refractivity contribution in [2.24, 2.45) is 0 Å². The number of aliphatic hydroxyl groups is 1. The summed E-state index contributed by atoms with van der Waals surface area (Å²) in [6, 6.07) is 13.4. The maximum Gasteiger partial charge on any atom is 0.263 e. The van der Waals surface area contributed by atoms with Crippen LogP contribution in [0.15, 0.2) is 71.4 Å². The molecule has 0 spiro atoms. The zero-order valence-corrected chi connectivity index (χ0v) is 20.6. The lowest BCUT2D eigenvalue weighted by Gasteiger charge is -2.18. The van der Waals surface area contributed by atoms with Crippen LogP contribution in [0.5, 0.6) is 0 Å². The van der Waals surface area contributed by atoms with Gasteiger partial charge in [0.25, 0.3) is 5.56 Å². The molecule has 0 unspecified atom stereocenters. The number of benzene rings is 2. The third-order valence-electron chi connectivity index (χ3n) is 5.95. The molecule has 2 heterocycles. The van der Waals surface area contributed by atoms with Crippen molar-refractivity contribution in [1.29, 1.82) is 10.8 Å². The number of pyridine rings is 1. The molecule has 0 atom stereocenters. The van der Waals surface area contributed by atoms with Gasteiger partial charge in [0.2, 0.25) is 0 Å². The fourth-order valence-corrected chi connectivity index (χ4v) is 4.15. The molecule has 0 bridgehead atoms. The summed E-state index contributed by atoms with van der Waals surface area (Å²) in [5.41, 5.74) is 7.30. The highest BCUT2D eigenvalue weighted by Gasteiger charge is 2.19. The van der Waals surface area contributed by atoms with E-state index in [0.29, 0.717) is 16.5 Å². The van der Waals surface area contributed by atoms with Crippen LogP contribution in [0.3, 0.4) is 0 Å². The first kappa shape index (κ1) is 26.2. The number of aryl methyl sites for hydroxylation is 1. The van der Waals surface area contributed by atoms with Crippen LogP contribution in [0.4, 0.5) is 16.0 Å². The number of para-hydroxylation sites is 1. The second kappa shape index (κ2) is 11.4. The second-order valence-corrected chi connectivity index (χ2v) is 8.40. The van der Waals surface area contributed by atoms with Gasteiger partial charge in [-0.3, -0.25) is 14.8 Å². The molecule has 0 saturated carbocycles. The van der Waals surface area contributed by atoms with Gasteiger partial charge in [-0.1, -0.05) is 30.3 Å². The highest BCUT2D eigenvalue weighted by molar-refractivity contribution is 6.25. The van der Waals surface area contributed by atoms with Crippen LogP contribution in [-0.2, 0) is 6.54 Å². The first-order valence-electron chi connectivity index (χ1n) is 11.7. The Morgan fingerprint density at radius 2 is 2.00 bits per heavy atom. The Bertz CT molecular complexity index is 1610. The number of anilines is 2. The van der Waals surface area contributed by atoms with Crippen LogP contribution >= 0.6 is 0 Å². The van der Waals surface area contributed by atoms with Gasteiger partial charge in [0.05, 0.1) is 35.5 Å². The van der Waals surface area contributed by atoms with E-state index < -0.39 is 5.82 Å². The zero-order chi connectivity index (χ0) is 27.2. The van der Waals surface area contributed by atoms with Crippen LogP contribution in [0.25, 0.3) is 16.5 Å². The molecule has 7 N–H and O–H groups in total. The maximum atomic E-state index is 14.9. The quantitative estimate of drug-likeness (QED) is 0.140. The number of nitrogens with two attached hydrogens (primary N) is 1. The molecule has 4 aromatic rings. The Hall–Kier alpha value is -4.90. The molecule has 4 rings (SSSR count). The summed E-state index contributed by atoms with van der Waals surface area (Å²) in [6.45, 7) is 1.99. The molecule has 11 heteroatoms. The second-order valence-electron chi connectivity index (χ2n) is 8.40. The number of hydrogen-bond donors (Lipinski definition) is 6. The van der Waals surface area contributed by atoms with Crippen LogP contribution in [-0.4, -0.2) is 44.7 Å². The van der Waals surface area contributed by atoms with Gasteiger partial charge in [-0.15, -0.1) is 0 Å². The van der Waals surface area contributed by atoms with E-state index in [9.17, 15) is 9.18 Å². The lowest BCUT2D eigenvalue weighted by Crippen LogP contribution is -2.25. The molecule has 0 fully saturated rings. The minimum atomic E-state index is -0.548. The Labute approximate surface area is 217 Å². The van der Waals surface area contributed by atoms with Crippen molar-refractivity contribution in [2.45, 2.75) is 13.5 Å². The number of allylic oxidation sites excluding steroid dienone is 1.